The Labute approximate surface area is 125 Å². The monoisotopic (exact) mass is 333 g/mol. The molecule has 0 bridgehead atoms. The zero-order valence-electron chi connectivity index (χ0n) is 11.7. The first kappa shape index (κ1) is 16.4. The highest BCUT2D eigenvalue weighted by molar-refractivity contribution is 7.89. The average Bonchev–Trinajstić information content (AvgIpc) is 2.47. The SMILES string of the molecule is CNS(=O)(=O)c1ccc(S(=O)(=O)N2CCCC(N)C2)cc1. The summed E-state index contributed by atoms with van der Waals surface area (Å²) in [5.74, 6) is 0. The van der Waals surface area contributed by atoms with Gasteiger partial charge in [0.2, 0.25) is 20.0 Å². The van der Waals surface area contributed by atoms with Crippen molar-refractivity contribution in [2.45, 2.75) is 28.7 Å². The number of nitrogens with two attached hydrogens (primary N) is 1. The molecule has 1 aliphatic rings. The van der Waals surface area contributed by atoms with Gasteiger partial charge in [-0.05, 0) is 44.2 Å². The van der Waals surface area contributed by atoms with Gasteiger partial charge in [0.05, 0.1) is 9.79 Å². The number of benzene rings is 1. The summed E-state index contributed by atoms with van der Waals surface area (Å²) in [4.78, 5) is 0.103. The Balaban J connectivity index is 2.29. The van der Waals surface area contributed by atoms with Gasteiger partial charge in [0.1, 0.15) is 0 Å². The normalized spacial score (nSPS) is 21.3. The van der Waals surface area contributed by atoms with Gasteiger partial charge < -0.3 is 5.73 Å². The van der Waals surface area contributed by atoms with Crippen molar-refractivity contribution < 1.29 is 16.8 Å². The topological polar surface area (TPSA) is 110 Å². The van der Waals surface area contributed by atoms with Gasteiger partial charge in [-0.2, -0.15) is 4.31 Å². The molecule has 7 nitrogen and oxygen atoms in total. The molecule has 3 N–H and O–H groups in total. The van der Waals surface area contributed by atoms with Crippen LogP contribution in [-0.4, -0.2) is 47.3 Å². The van der Waals surface area contributed by atoms with E-state index in [9.17, 15) is 16.8 Å². The van der Waals surface area contributed by atoms with E-state index in [2.05, 4.69) is 4.72 Å². The van der Waals surface area contributed by atoms with Crippen LogP contribution < -0.4 is 10.5 Å². The molecule has 1 aromatic rings. The van der Waals surface area contributed by atoms with Gasteiger partial charge >= 0.3 is 0 Å². The van der Waals surface area contributed by atoms with E-state index < -0.39 is 20.0 Å². The van der Waals surface area contributed by atoms with Gasteiger partial charge in [-0.3, -0.25) is 0 Å². The largest absolute Gasteiger partial charge is 0.327 e. The average molecular weight is 333 g/mol. The lowest BCUT2D eigenvalue weighted by atomic mass is 10.1. The number of hydrogen-bond donors (Lipinski definition) is 2. The summed E-state index contributed by atoms with van der Waals surface area (Å²) >= 11 is 0. The van der Waals surface area contributed by atoms with E-state index in [-0.39, 0.29) is 15.8 Å². The minimum Gasteiger partial charge on any atom is -0.327 e. The van der Waals surface area contributed by atoms with E-state index in [0.717, 1.165) is 12.8 Å². The first-order valence-corrected chi connectivity index (χ1v) is 9.49. The lowest BCUT2D eigenvalue weighted by Crippen LogP contribution is -2.45. The summed E-state index contributed by atoms with van der Waals surface area (Å²) < 4.78 is 51.7. The molecule has 118 valence electrons. The Bertz CT molecular complexity index is 699. The van der Waals surface area contributed by atoms with Crippen LogP contribution in [0.15, 0.2) is 34.1 Å². The maximum absolute atomic E-state index is 12.5. The molecular weight excluding hydrogens is 314 g/mol. The van der Waals surface area contributed by atoms with Crippen LogP contribution in [0.1, 0.15) is 12.8 Å². The van der Waals surface area contributed by atoms with Crippen LogP contribution in [0.4, 0.5) is 0 Å². The highest BCUT2D eigenvalue weighted by Crippen LogP contribution is 2.21. The highest BCUT2D eigenvalue weighted by atomic mass is 32.2. The first-order valence-electron chi connectivity index (χ1n) is 6.57. The van der Waals surface area contributed by atoms with Crippen LogP contribution in [0.25, 0.3) is 0 Å². The van der Waals surface area contributed by atoms with Crippen LogP contribution in [0.2, 0.25) is 0 Å². The molecule has 0 aromatic heterocycles. The first-order chi connectivity index (χ1) is 9.77. The Morgan fingerprint density at radius 2 is 1.71 bits per heavy atom. The zero-order chi connectivity index (χ0) is 15.7. The fourth-order valence-electron chi connectivity index (χ4n) is 2.25. The van der Waals surface area contributed by atoms with Crippen molar-refractivity contribution in [2.24, 2.45) is 5.73 Å². The Hall–Kier alpha value is -1.00. The van der Waals surface area contributed by atoms with Crippen molar-refractivity contribution in [1.29, 1.82) is 0 Å². The molecule has 1 heterocycles. The molecule has 1 fully saturated rings. The predicted molar refractivity (Wildman–Crippen MR) is 78.7 cm³/mol. The summed E-state index contributed by atoms with van der Waals surface area (Å²) in [5, 5.41) is 0. The minimum atomic E-state index is -3.63. The number of nitrogens with zero attached hydrogens (tertiary/aromatic N) is 1. The number of nitrogens with one attached hydrogen (secondary N) is 1. The van der Waals surface area contributed by atoms with Gasteiger partial charge in [0.25, 0.3) is 0 Å². The summed E-state index contributed by atoms with van der Waals surface area (Å²) in [6, 6.07) is 5.02. The molecule has 21 heavy (non-hydrogen) atoms. The molecule has 0 radical (unpaired) electrons. The molecule has 0 amide bonds. The lowest BCUT2D eigenvalue weighted by Gasteiger charge is -2.29. The van der Waals surface area contributed by atoms with Crippen LogP contribution in [-0.2, 0) is 20.0 Å². The number of sulfonamides is 2. The van der Waals surface area contributed by atoms with E-state index in [1.807, 2.05) is 0 Å². The van der Waals surface area contributed by atoms with E-state index in [4.69, 9.17) is 5.73 Å². The molecule has 2 rings (SSSR count). The van der Waals surface area contributed by atoms with Gasteiger partial charge in [0.15, 0.2) is 0 Å². The summed E-state index contributed by atoms with van der Waals surface area (Å²) in [7, 11) is -5.90. The molecule has 0 aliphatic carbocycles. The van der Waals surface area contributed by atoms with E-state index in [1.54, 1.807) is 0 Å². The van der Waals surface area contributed by atoms with Crippen molar-refractivity contribution in [2.75, 3.05) is 20.1 Å². The van der Waals surface area contributed by atoms with Crippen LogP contribution in [0.3, 0.4) is 0 Å². The van der Waals surface area contributed by atoms with Crippen LogP contribution in [0, 0.1) is 0 Å². The van der Waals surface area contributed by atoms with E-state index in [1.165, 1.54) is 35.6 Å². The maximum atomic E-state index is 12.5. The fraction of sp³-hybridized carbons (Fsp3) is 0.500. The summed E-state index contributed by atoms with van der Waals surface area (Å²) in [6.07, 6.45) is 1.54. The number of piperidine rings is 1. The van der Waals surface area contributed by atoms with Crippen LogP contribution in [0.5, 0.6) is 0 Å². The summed E-state index contributed by atoms with van der Waals surface area (Å²) in [6.45, 7) is 0.728. The Morgan fingerprint density at radius 1 is 1.14 bits per heavy atom. The van der Waals surface area contributed by atoms with Crippen molar-refractivity contribution in [3.05, 3.63) is 24.3 Å². The Kier molecular flexibility index (Phi) is 4.69. The lowest BCUT2D eigenvalue weighted by molar-refractivity contribution is 0.316. The van der Waals surface area contributed by atoms with Crippen LogP contribution >= 0.6 is 0 Å². The second-order valence-corrected chi connectivity index (χ2v) is 8.77. The second kappa shape index (κ2) is 6.01. The molecule has 0 spiro atoms. The highest BCUT2D eigenvalue weighted by Gasteiger charge is 2.29. The third kappa shape index (κ3) is 3.43. The summed E-state index contributed by atoms with van der Waals surface area (Å²) in [5.41, 5.74) is 5.81. The molecule has 1 aromatic carbocycles. The quantitative estimate of drug-likeness (QED) is 0.786. The van der Waals surface area contributed by atoms with Crippen molar-refractivity contribution in [1.82, 2.24) is 9.03 Å². The molecular formula is C12H19N3O4S2. The maximum Gasteiger partial charge on any atom is 0.243 e. The number of hydrogen-bond acceptors (Lipinski definition) is 5. The fourth-order valence-corrected chi connectivity index (χ4v) is 4.52. The third-order valence-electron chi connectivity index (χ3n) is 3.46. The number of rotatable bonds is 4. The predicted octanol–water partition coefficient (Wildman–Crippen LogP) is -0.293. The van der Waals surface area contributed by atoms with Gasteiger partial charge in [0, 0.05) is 19.1 Å². The third-order valence-corrected chi connectivity index (χ3v) is 6.77. The standard InChI is InChI=1S/C12H19N3O4S2/c1-14-20(16,17)11-4-6-12(7-5-11)21(18,19)15-8-2-3-10(13)9-15/h4-7,10,14H,2-3,8-9,13H2,1H3. The van der Waals surface area contributed by atoms with E-state index in [0.29, 0.717) is 13.1 Å². The van der Waals surface area contributed by atoms with Crippen molar-refractivity contribution >= 4 is 20.0 Å². The Morgan fingerprint density at radius 3 is 2.24 bits per heavy atom. The van der Waals surface area contributed by atoms with Gasteiger partial charge in [-0.1, -0.05) is 0 Å². The van der Waals surface area contributed by atoms with Crippen molar-refractivity contribution in [3.8, 4) is 0 Å². The molecule has 1 unspecified atom stereocenters. The molecule has 1 aliphatic heterocycles. The molecule has 1 saturated heterocycles. The second-order valence-electron chi connectivity index (χ2n) is 4.94. The molecule has 0 saturated carbocycles. The zero-order valence-corrected chi connectivity index (χ0v) is 13.3. The smallest absolute Gasteiger partial charge is 0.243 e. The van der Waals surface area contributed by atoms with Crippen molar-refractivity contribution in [3.63, 3.8) is 0 Å². The molecule has 1 atom stereocenters. The van der Waals surface area contributed by atoms with Gasteiger partial charge in [-0.25, -0.2) is 21.6 Å². The minimum absolute atomic E-state index is 0.0271. The molecule has 9 heteroatoms. The van der Waals surface area contributed by atoms with E-state index >= 15 is 0 Å². The van der Waals surface area contributed by atoms with Gasteiger partial charge in [-0.15, -0.1) is 0 Å².